The van der Waals surface area contributed by atoms with E-state index < -0.39 is 30.9 Å². The minimum Gasteiger partial charge on any atom is -0.481 e. The van der Waals surface area contributed by atoms with Gasteiger partial charge >= 0.3 is 5.97 Å². The first kappa shape index (κ1) is 10.3. The number of aliphatic hydroxyl groups excluding tert-OH is 3. The van der Waals surface area contributed by atoms with Gasteiger partial charge in [-0.1, -0.05) is 0 Å². The van der Waals surface area contributed by atoms with E-state index >= 15 is 0 Å². The van der Waals surface area contributed by atoms with Gasteiger partial charge < -0.3 is 25.5 Å². The fourth-order valence-electron chi connectivity index (χ4n) is 0.498. The maximum Gasteiger partial charge on any atom is 0.306 e. The van der Waals surface area contributed by atoms with Crippen LogP contribution in [0.25, 0.3) is 0 Å². The summed E-state index contributed by atoms with van der Waals surface area (Å²) in [6, 6.07) is 0. The molecule has 0 aromatic rings. The third-order valence-electron chi connectivity index (χ3n) is 1.08. The second-order valence-corrected chi connectivity index (χ2v) is 2.07. The van der Waals surface area contributed by atoms with Gasteiger partial charge in [0, 0.05) is 0 Å². The molecular weight excluding hydrogens is 156 g/mol. The number of carboxylic acids is 1. The van der Waals surface area contributed by atoms with Crippen LogP contribution in [-0.4, -0.2) is 50.0 Å². The molecule has 0 aromatic carbocycles. The predicted molar refractivity (Wildman–Crippen MR) is 32.5 cm³/mol. The Morgan fingerprint density at radius 3 is 1.91 bits per heavy atom. The van der Waals surface area contributed by atoms with E-state index in [-0.39, 0.29) is 0 Å². The molecular formula is C5H10O6. The van der Waals surface area contributed by atoms with Gasteiger partial charge in [0.2, 0.25) is 0 Å². The van der Waals surface area contributed by atoms with Crippen LogP contribution in [0, 0.1) is 0 Å². The molecule has 0 heterocycles. The molecule has 0 radical (unpaired) electrons. The van der Waals surface area contributed by atoms with Crippen LogP contribution >= 0.6 is 0 Å². The Hall–Kier alpha value is -0.690. The number of hydrogen-bond acceptors (Lipinski definition) is 5. The van der Waals surface area contributed by atoms with Gasteiger partial charge in [-0.05, 0) is 0 Å². The molecule has 66 valence electrons. The Labute approximate surface area is 62.3 Å². The zero-order valence-corrected chi connectivity index (χ0v) is 5.58. The maximum absolute atomic E-state index is 9.90. The molecule has 0 aliphatic rings. The van der Waals surface area contributed by atoms with Gasteiger partial charge in [-0.25, -0.2) is 0 Å². The molecule has 11 heavy (non-hydrogen) atoms. The topological polar surface area (TPSA) is 118 Å². The van der Waals surface area contributed by atoms with Crippen molar-refractivity contribution in [2.24, 2.45) is 0 Å². The van der Waals surface area contributed by atoms with Gasteiger partial charge in [0.15, 0.2) is 6.29 Å². The highest BCUT2D eigenvalue weighted by atomic mass is 16.5. The molecule has 6 heteroatoms. The fourth-order valence-corrected chi connectivity index (χ4v) is 0.498. The molecule has 5 N–H and O–H groups in total. The molecule has 0 bridgehead atoms. The summed E-state index contributed by atoms with van der Waals surface area (Å²) in [7, 11) is 0. The highest BCUT2D eigenvalue weighted by Gasteiger charge is 2.24. The van der Waals surface area contributed by atoms with Crippen LogP contribution < -0.4 is 0 Å². The Morgan fingerprint density at radius 1 is 1.18 bits per heavy atom. The van der Waals surface area contributed by atoms with Crippen LogP contribution in [0.2, 0.25) is 0 Å². The Kier molecular flexibility index (Phi) is 3.98. The van der Waals surface area contributed by atoms with Crippen LogP contribution in [0.3, 0.4) is 0 Å². The maximum atomic E-state index is 9.90. The molecule has 0 aliphatic heterocycles. The number of hydrogen-bond donors (Lipinski definition) is 5. The largest absolute Gasteiger partial charge is 0.481 e. The SMILES string of the molecule is O=C(O)CC(O)C(O)C(O)O. The van der Waals surface area contributed by atoms with Gasteiger partial charge in [0.05, 0.1) is 12.5 Å². The third-order valence-corrected chi connectivity index (χ3v) is 1.08. The molecule has 0 fully saturated rings. The van der Waals surface area contributed by atoms with Crippen LogP contribution in [0.1, 0.15) is 6.42 Å². The lowest BCUT2D eigenvalue weighted by molar-refractivity contribution is -0.165. The monoisotopic (exact) mass is 166 g/mol. The number of aliphatic hydroxyl groups is 4. The molecule has 0 aromatic heterocycles. The summed E-state index contributed by atoms with van der Waals surface area (Å²) in [6.07, 6.45) is -6.35. The normalized spacial score (nSPS) is 16.5. The van der Waals surface area contributed by atoms with E-state index in [0.29, 0.717) is 0 Å². The summed E-state index contributed by atoms with van der Waals surface area (Å²) in [5.41, 5.74) is 0. The Morgan fingerprint density at radius 2 is 1.64 bits per heavy atom. The van der Waals surface area contributed by atoms with Crippen LogP contribution in [0.4, 0.5) is 0 Å². The number of carboxylic acid groups (broad SMARTS) is 1. The van der Waals surface area contributed by atoms with Gasteiger partial charge in [0.25, 0.3) is 0 Å². The Bertz CT molecular complexity index is 133. The van der Waals surface area contributed by atoms with Crippen molar-refractivity contribution in [1.29, 1.82) is 0 Å². The van der Waals surface area contributed by atoms with E-state index in [1.54, 1.807) is 0 Å². The first-order valence-electron chi connectivity index (χ1n) is 2.89. The molecule has 0 aliphatic carbocycles. The van der Waals surface area contributed by atoms with Gasteiger partial charge in [-0.3, -0.25) is 4.79 Å². The van der Waals surface area contributed by atoms with E-state index in [0.717, 1.165) is 0 Å². The highest BCUT2D eigenvalue weighted by Crippen LogP contribution is 2.01. The average molecular weight is 166 g/mol. The molecule has 0 saturated carbocycles. The van der Waals surface area contributed by atoms with E-state index in [9.17, 15) is 4.79 Å². The van der Waals surface area contributed by atoms with Crippen molar-refractivity contribution in [1.82, 2.24) is 0 Å². The lowest BCUT2D eigenvalue weighted by Gasteiger charge is -2.16. The van der Waals surface area contributed by atoms with Crippen molar-refractivity contribution < 1.29 is 30.3 Å². The second-order valence-electron chi connectivity index (χ2n) is 2.07. The minimum absolute atomic E-state index is 0.723. The number of aliphatic carboxylic acids is 1. The Balaban J connectivity index is 3.82. The predicted octanol–water partition coefficient (Wildman–Crippen LogP) is -2.51. The lowest BCUT2D eigenvalue weighted by atomic mass is 10.1. The van der Waals surface area contributed by atoms with E-state index in [2.05, 4.69) is 0 Å². The lowest BCUT2D eigenvalue weighted by Crippen LogP contribution is -2.38. The van der Waals surface area contributed by atoms with Crippen molar-refractivity contribution in [2.45, 2.75) is 24.9 Å². The zero-order chi connectivity index (χ0) is 9.02. The van der Waals surface area contributed by atoms with E-state index in [1.165, 1.54) is 0 Å². The van der Waals surface area contributed by atoms with Crippen molar-refractivity contribution in [3.63, 3.8) is 0 Å². The van der Waals surface area contributed by atoms with Crippen LogP contribution in [0.5, 0.6) is 0 Å². The summed E-state index contributed by atoms with van der Waals surface area (Å²) in [5.74, 6) is -1.32. The second kappa shape index (κ2) is 4.24. The van der Waals surface area contributed by atoms with Crippen molar-refractivity contribution >= 4 is 5.97 Å². The first-order valence-corrected chi connectivity index (χ1v) is 2.89. The quantitative estimate of drug-likeness (QED) is 0.294. The summed E-state index contributed by atoms with van der Waals surface area (Å²) in [4.78, 5) is 9.90. The third kappa shape index (κ3) is 3.89. The molecule has 0 amide bonds. The van der Waals surface area contributed by atoms with Crippen molar-refractivity contribution in [2.75, 3.05) is 0 Å². The molecule has 0 rings (SSSR count). The molecule has 6 nitrogen and oxygen atoms in total. The number of rotatable bonds is 4. The first-order chi connectivity index (χ1) is 4.95. The van der Waals surface area contributed by atoms with Crippen molar-refractivity contribution in [3.8, 4) is 0 Å². The summed E-state index contributed by atoms with van der Waals surface area (Å²) in [6.45, 7) is 0. The summed E-state index contributed by atoms with van der Waals surface area (Å²) < 4.78 is 0. The van der Waals surface area contributed by atoms with Crippen LogP contribution in [0.15, 0.2) is 0 Å². The van der Waals surface area contributed by atoms with E-state index in [4.69, 9.17) is 25.5 Å². The van der Waals surface area contributed by atoms with Crippen molar-refractivity contribution in [3.05, 3.63) is 0 Å². The van der Waals surface area contributed by atoms with Gasteiger partial charge in [0.1, 0.15) is 6.10 Å². The van der Waals surface area contributed by atoms with Gasteiger partial charge in [-0.2, -0.15) is 0 Å². The van der Waals surface area contributed by atoms with Crippen LogP contribution in [-0.2, 0) is 4.79 Å². The average Bonchev–Trinajstić information content (AvgIpc) is 1.84. The standard InChI is InChI=1S/C5H10O6/c6-2(1-3(7)8)4(9)5(10)11/h2,4-6,9-11H,1H2,(H,7,8). The fraction of sp³-hybridized carbons (Fsp3) is 0.800. The van der Waals surface area contributed by atoms with E-state index in [1.807, 2.05) is 0 Å². The smallest absolute Gasteiger partial charge is 0.306 e. The number of carbonyl (C=O) groups is 1. The molecule has 0 spiro atoms. The zero-order valence-electron chi connectivity index (χ0n) is 5.58. The van der Waals surface area contributed by atoms with Gasteiger partial charge in [-0.15, -0.1) is 0 Å². The minimum atomic E-state index is -2.12. The molecule has 2 atom stereocenters. The highest BCUT2D eigenvalue weighted by molar-refractivity contribution is 5.67. The molecule has 0 saturated heterocycles. The summed E-state index contributed by atoms with van der Waals surface area (Å²) >= 11 is 0. The molecule has 2 unspecified atom stereocenters. The summed E-state index contributed by atoms with van der Waals surface area (Å²) in [5, 5.41) is 41.9.